The highest BCUT2D eigenvalue weighted by Crippen LogP contribution is 2.39. The molecule has 0 bridgehead atoms. The van der Waals surface area contributed by atoms with E-state index < -0.39 is 5.97 Å². The minimum atomic E-state index is -0.466. The van der Waals surface area contributed by atoms with Crippen LogP contribution in [0.1, 0.15) is 54.1 Å². The summed E-state index contributed by atoms with van der Waals surface area (Å²) < 4.78 is 5.08. The first-order valence-corrected chi connectivity index (χ1v) is 7.98. The maximum absolute atomic E-state index is 12.2. The topological polar surface area (TPSA) is 72.6 Å². The van der Waals surface area contributed by atoms with Crippen LogP contribution >= 0.6 is 11.3 Å². The molecular formula is C15H24N2O3S. The molecule has 0 aromatic carbocycles. The van der Waals surface area contributed by atoms with Crippen LogP contribution in [0.25, 0.3) is 0 Å². The van der Waals surface area contributed by atoms with Crippen molar-refractivity contribution in [3.8, 4) is 0 Å². The number of ether oxygens (including phenoxy) is 1. The molecule has 0 saturated heterocycles. The number of ketones is 1. The van der Waals surface area contributed by atoms with Crippen LogP contribution < -0.4 is 10.6 Å². The number of thiophene rings is 1. The summed E-state index contributed by atoms with van der Waals surface area (Å²) in [5.74, 6) is -0.0852. The van der Waals surface area contributed by atoms with Crippen molar-refractivity contribution >= 4 is 33.8 Å². The SMILES string of the molecule is CCOC(=O)c1c(N(C)CC(C)C)sc(C(=O)CC)c1N. The Balaban J connectivity index is 3.32. The number of rotatable bonds is 7. The highest BCUT2D eigenvalue weighted by Gasteiger charge is 2.27. The van der Waals surface area contributed by atoms with Crippen molar-refractivity contribution in [3.63, 3.8) is 0 Å². The first-order valence-electron chi connectivity index (χ1n) is 7.17. The summed E-state index contributed by atoms with van der Waals surface area (Å²) in [5, 5.41) is 0.705. The van der Waals surface area contributed by atoms with Crippen molar-refractivity contribution in [2.45, 2.75) is 34.1 Å². The number of anilines is 2. The van der Waals surface area contributed by atoms with Crippen molar-refractivity contribution in [2.24, 2.45) is 5.92 Å². The van der Waals surface area contributed by atoms with E-state index in [9.17, 15) is 9.59 Å². The number of carbonyl (C=O) groups is 2. The fraction of sp³-hybridized carbons (Fsp3) is 0.600. The van der Waals surface area contributed by atoms with Crippen molar-refractivity contribution in [3.05, 3.63) is 10.4 Å². The molecule has 0 amide bonds. The van der Waals surface area contributed by atoms with Gasteiger partial charge in [-0.3, -0.25) is 4.79 Å². The molecule has 0 saturated carbocycles. The molecule has 0 radical (unpaired) electrons. The van der Waals surface area contributed by atoms with Crippen molar-refractivity contribution < 1.29 is 14.3 Å². The van der Waals surface area contributed by atoms with Crippen LogP contribution in [0.4, 0.5) is 10.7 Å². The Bertz CT molecular complexity index is 523. The maximum Gasteiger partial charge on any atom is 0.343 e. The summed E-state index contributed by atoms with van der Waals surface area (Å²) in [7, 11) is 1.90. The lowest BCUT2D eigenvalue weighted by Crippen LogP contribution is -2.23. The molecule has 0 fully saturated rings. The average molecular weight is 312 g/mol. The van der Waals surface area contributed by atoms with E-state index in [1.165, 1.54) is 11.3 Å². The Kier molecular flexibility index (Phi) is 6.20. The second-order valence-corrected chi connectivity index (χ2v) is 6.30. The lowest BCUT2D eigenvalue weighted by atomic mass is 10.1. The lowest BCUT2D eigenvalue weighted by Gasteiger charge is -2.20. The summed E-state index contributed by atoms with van der Waals surface area (Å²) >= 11 is 1.27. The zero-order valence-corrected chi connectivity index (χ0v) is 14.2. The standard InChI is InChI=1S/C15H24N2O3S/c1-6-10(18)13-12(16)11(15(19)20-7-2)14(21-13)17(5)8-9(3)4/h9H,6-8,16H2,1-5H3. The van der Waals surface area contributed by atoms with Gasteiger partial charge in [-0.15, -0.1) is 11.3 Å². The normalized spacial score (nSPS) is 10.8. The molecule has 118 valence electrons. The van der Waals surface area contributed by atoms with Gasteiger partial charge in [0, 0.05) is 20.0 Å². The maximum atomic E-state index is 12.2. The molecule has 21 heavy (non-hydrogen) atoms. The van der Waals surface area contributed by atoms with Gasteiger partial charge in [-0.25, -0.2) is 4.79 Å². The predicted molar refractivity (Wildman–Crippen MR) is 87.4 cm³/mol. The lowest BCUT2D eigenvalue weighted by molar-refractivity contribution is 0.0529. The molecule has 1 aromatic rings. The zero-order valence-electron chi connectivity index (χ0n) is 13.4. The fourth-order valence-corrected chi connectivity index (χ4v) is 3.29. The first-order chi connectivity index (χ1) is 9.83. The number of esters is 1. The van der Waals surface area contributed by atoms with Crippen molar-refractivity contribution in [1.29, 1.82) is 0 Å². The monoisotopic (exact) mass is 312 g/mol. The molecule has 2 N–H and O–H groups in total. The summed E-state index contributed by atoms with van der Waals surface area (Å²) in [6.07, 6.45) is 0.361. The van der Waals surface area contributed by atoms with Crippen LogP contribution in [0, 0.1) is 5.92 Å². The fourth-order valence-electron chi connectivity index (χ4n) is 2.10. The van der Waals surface area contributed by atoms with Crippen LogP contribution in [0.2, 0.25) is 0 Å². The van der Waals surface area contributed by atoms with Crippen LogP contribution in [-0.4, -0.2) is 32.0 Å². The van der Waals surface area contributed by atoms with E-state index in [0.29, 0.717) is 27.8 Å². The van der Waals surface area contributed by atoms with E-state index in [-0.39, 0.29) is 18.1 Å². The number of nitrogen functional groups attached to an aromatic ring is 1. The Morgan fingerprint density at radius 2 is 1.95 bits per heavy atom. The highest BCUT2D eigenvalue weighted by atomic mass is 32.1. The third-order valence-electron chi connectivity index (χ3n) is 2.97. The summed E-state index contributed by atoms with van der Waals surface area (Å²) in [6.45, 7) is 8.76. The van der Waals surface area contributed by atoms with E-state index in [2.05, 4.69) is 13.8 Å². The Hall–Kier alpha value is -1.56. The molecule has 0 aliphatic rings. The molecule has 0 spiro atoms. The average Bonchev–Trinajstić information content (AvgIpc) is 2.75. The van der Waals surface area contributed by atoms with Gasteiger partial charge in [0.2, 0.25) is 0 Å². The molecular weight excluding hydrogens is 288 g/mol. The summed E-state index contributed by atoms with van der Waals surface area (Å²) in [5.41, 5.74) is 6.61. The molecule has 0 atom stereocenters. The largest absolute Gasteiger partial charge is 0.462 e. The van der Waals surface area contributed by atoms with E-state index >= 15 is 0 Å². The van der Waals surface area contributed by atoms with Crippen LogP contribution in [0.5, 0.6) is 0 Å². The van der Waals surface area contributed by atoms with Crippen molar-refractivity contribution in [2.75, 3.05) is 30.8 Å². The number of nitrogens with zero attached hydrogens (tertiary/aromatic N) is 1. The predicted octanol–water partition coefficient (Wildman–Crippen LogP) is 3.19. The van der Waals surface area contributed by atoms with Gasteiger partial charge in [-0.2, -0.15) is 0 Å². The molecule has 1 aromatic heterocycles. The van der Waals surface area contributed by atoms with Crippen LogP contribution in [0.15, 0.2) is 0 Å². The van der Waals surface area contributed by atoms with Crippen LogP contribution in [0.3, 0.4) is 0 Å². The number of hydrogen-bond donors (Lipinski definition) is 1. The third kappa shape index (κ3) is 3.97. The number of Topliss-reactive ketones (excluding diaryl/α,β-unsaturated/α-hetero) is 1. The van der Waals surface area contributed by atoms with Crippen LogP contribution in [-0.2, 0) is 4.74 Å². The molecule has 1 rings (SSSR count). The van der Waals surface area contributed by atoms with Gasteiger partial charge < -0.3 is 15.4 Å². The van der Waals surface area contributed by atoms with Gasteiger partial charge >= 0.3 is 5.97 Å². The number of hydrogen-bond acceptors (Lipinski definition) is 6. The Morgan fingerprint density at radius 1 is 1.33 bits per heavy atom. The molecule has 1 heterocycles. The number of nitrogens with two attached hydrogens (primary N) is 1. The van der Waals surface area contributed by atoms with Gasteiger partial charge in [-0.05, 0) is 12.8 Å². The van der Waals surface area contributed by atoms with Gasteiger partial charge in [-0.1, -0.05) is 20.8 Å². The Morgan fingerprint density at radius 3 is 2.43 bits per heavy atom. The second-order valence-electron chi connectivity index (χ2n) is 5.30. The number of carbonyl (C=O) groups excluding carboxylic acids is 2. The quantitative estimate of drug-likeness (QED) is 0.618. The van der Waals surface area contributed by atoms with Gasteiger partial charge in [0.15, 0.2) is 5.78 Å². The molecule has 0 unspecified atom stereocenters. The molecule has 5 nitrogen and oxygen atoms in total. The van der Waals surface area contributed by atoms with Gasteiger partial charge in [0.25, 0.3) is 0 Å². The minimum absolute atomic E-state index is 0.0488. The van der Waals surface area contributed by atoms with Gasteiger partial charge in [0.05, 0.1) is 17.2 Å². The Labute approximate surface area is 130 Å². The molecule has 0 aliphatic heterocycles. The minimum Gasteiger partial charge on any atom is -0.462 e. The summed E-state index contributed by atoms with van der Waals surface area (Å²) in [4.78, 5) is 26.6. The van der Waals surface area contributed by atoms with Crippen molar-refractivity contribution in [1.82, 2.24) is 0 Å². The van der Waals surface area contributed by atoms with E-state index in [1.54, 1.807) is 13.8 Å². The zero-order chi connectivity index (χ0) is 16.2. The molecule has 0 aliphatic carbocycles. The van der Waals surface area contributed by atoms with E-state index in [4.69, 9.17) is 10.5 Å². The highest BCUT2D eigenvalue weighted by molar-refractivity contribution is 7.19. The second kappa shape index (κ2) is 7.45. The van der Waals surface area contributed by atoms with E-state index in [1.807, 2.05) is 11.9 Å². The third-order valence-corrected chi connectivity index (χ3v) is 4.33. The van der Waals surface area contributed by atoms with E-state index in [0.717, 1.165) is 6.54 Å². The summed E-state index contributed by atoms with van der Waals surface area (Å²) in [6, 6.07) is 0. The first kappa shape index (κ1) is 17.5. The molecule has 6 heteroatoms. The smallest absolute Gasteiger partial charge is 0.343 e. The van der Waals surface area contributed by atoms with Gasteiger partial charge in [0.1, 0.15) is 10.6 Å².